The Labute approximate surface area is 99.6 Å². The number of hydrogen-bond donors (Lipinski definition) is 2. The molecule has 0 spiro atoms. The highest BCUT2D eigenvalue weighted by Crippen LogP contribution is 2.27. The molecule has 0 amide bonds. The lowest BCUT2D eigenvalue weighted by Crippen LogP contribution is -2.14. The fourth-order valence-corrected chi connectivity index (χ4v) is 2.46. The van der Waals surface area contributed by atoms with E-state index >= 15 is 0 Å². The van der Waals surface area contributed by atoms with Crippen molar-refractivity contribution >= 4 is 15.8 Å². The average Bonchev–Trinajstić information content (AvgIpc) is 2.18. The summed E-state index contributed by atoms with van der Waals surface area (Å²) in [4.78, 5) is 10.7. The van der Waals surface area contributed by atoms with Crippen molar-refractivity contribution in [2.24, 2.45) is 5.92 Å². The third kappa shape index (κ3) is 3.20. The SMILES string of the molecule is CC(Cc1c(O)cccc1S(C)(=O)=O)C(=O)O. The third-order valence-corrected chi connectivity index (χ3v) is 3.62. The van der Waals surface area contributed by atoms with Crippen LogP contribution in [0.4, 0.5) is 0 Å². The van der Waals surface area contributed by atoms with Crippen LogP contribution >= 0.6 is 0 Å². The largest absolute Gasteiger partial charge is 0.508 e. The molecule has 1 aromatic carbocycles. The van der Waals surface area contributed by atoms with Gasteiger partial charge in [-0.25, -0.2) is 8.42 Å². The maximum atomic E-state index is 11.5. The Kier molecular flexibility index (Phi) is 3.77. The first-order valence-electron chi connectivity index (χ1n) is 4.97. The topological polar surface area (TPSA) is 91.7 Å². The lowest BCUT2D eigenvalue weighted by Gasteiger charge is -2.12. The van der Waals surface area contributed by atoms with E-state index in [1.807, 2.05) is 0 Å². The maximum absolute atomic E-state index is 11.5. The first-order valence-corrected chi connectivity index (χ1v) is 6.86. The van der Waals surface area contributed by atoms with Gasteiger partial charge in [-0.2, -0.15) is 0 Å². The van der Waals surface area contributed by atoms with Crippen molar-refractivity contribution in [3.8, 4) is 5.75 Å². The van der Waals surface area contributed by atoms with Gasteiger partial charge in [0.05, 0.1) is 10.8 Å². The highest BCUT2D eigenvalue weighted by Gasteiger charge is 2.21. The normalized spacial score (nSPS) is 13.3. The maximum Gasteiger partial charge on any atom is 0.306 e. The van der Waals surface area contributed by atoms with Crippen LogP contribution in [0.2, 0.25) is 0 Å². The van der Waals surface area contributed by atoms with Gasteiger partial charge in [0.1, 0.15) is 5.75 Å². The molecule has 0 radical (unpaired) electrons. The molecular formula is C11H14O5S. The van der Waals surface area contributed by atoms with Crippen LogP contribution in [0.15, 0.2) is 23.1 Å². The molecule has 1 aromatic rings. The van der Waals surface area contributed by atoms with Gasteiger partial charge in [-0.3, -0.25) is 4.79 Å². The summed E-state index contributed by atoms with van der Waals surface area (Å²) in [6.45, 7) is 1.46. The van der Waals surface area contributed by atoms with Crippen LogP contribution in [-0.4, -0.2) is 30.9 Å². The van der Waals surface area contributed by atoms with Crippen LogP contribution in [0.1, 0.15) is 12.5 Å². The van der Waals surface area contributed by atoms with Crippen LogP contribution in [-0.2, 0) is 21.1 Å². The number of carbonyl (C=O) groups is 1. The quantitative estimate of drug-likeness (QED) is 0.842. The summed E-state index contributed by atoms with van der Waals surface area (Å²) in [6.07, 6.45) is 1.00. The molecule has 0 aliphatic heterocycles. The van der Waals surface area contributed by atoms with Crippen LogP contribution in [0.5, 0.6) is 5.75 Å². The molecule has 0 fully saturated rings. The Morgan fingerprint density at radius 3 is 2.47 bits per heavy atom. The van der Waals surface area contributed by atoms with Crippen molar-refractivity contribution in [1.82, 2.24) is 0 Å². The Morgan fingerprint density at radius 1 is 1.41 bits per heavy atom. The van der Waals surface area contributed by atoms with Crippen molar-refractivity contribution < 1.29 is 23.4 Å². The van der Waals surface area contributed by atoms with Crippen molar-refractivity contribution in [2.75, 3.05) is 6.26 Å². The molecule has 0 aliphatic rings. The molecule has 0 saturated heterocycles. The molecule has 2 N–H and O–H groups in total. The molecule has 0 bridgehead atoms. The molecule has 0 heterocycles. The summed E-state index contributed by atoms with van der Waals surface area (Å²) < 4.78 is 23.0. The predicted octanol–water partition coefficient (Wildman–Crippen LogP) is 1.06. The van der Waals surface area contributed by atoms with E-state index in [1.54, 1.807) is 0 Å². The summed E-state index contributed by atoms with van der Waals surface area (Å²) in [5, 5.41) is 18.4. The number of aliphatic carboxylic acids is 1. The fourth-order valence-electron chi connectivity index (χ4n) is 1.50. The summed E-state index contributed by atoms with van der Waals surface area (Å²) in [5.41, 5.74) is 0.157. The van der Waals surface area contributed by atoms with Gasteiger partial charge in [0, 0.05) is 11.8 Å². The molecule has 17 heavy (non-hydrogen) atoms. The monoisotopic (exact) mass is 258 g/mol. The molecular weight excluding hydrogens is 244 g/mol. The number of carboxylic acids is 1. The zero-order valence-electron chi connectivity index (χ0n) is 9.54. The second-order valence-corrected chi connectivity index (χ2v) is 5.95. The number of hydrogen-bond acceptors (Lipinski definition) is 4. The Hall–Kier alpha value is -1.56. The summed E-state index contributed by atoms with van der Waals surface area (Å²) >= 11 is 0. The highest BCUT2D eigenvalue weighted by molar-refractivity contribution is 7.90. The minimum atomic E-state index is -3.48. The standard InChI is InChI=1S/C11H14O5S/c1-7(11(13)14)6-8-9(12)4-3-5-10(8)17(2,15)16/h3-5,7,12H,6H2,1-2H3,(H,13,14). The molecule has 1 unspecified atom stereocenters. The van der Waals surface area contributed by atoms with Gasteiger partial charge in [-0.1, -0.05) is 13.0 Å². The van der Waals surface area contributed by atoms with Gasteiger partial charge < -0.3 is 10.2 Å². The van der Waals surface area contributed by atoms with E-state index in [2.05, 4.69) is 0 Å². The fraction of sp³-hybridized carbons (Fsp3) is 0.364. The predicted molar refractivity (Wildman–Crippen MR) is 61.7 cm³/mol. The van der Waals surface area contributed by atoms with Crippen LogP contribution < -0.4 is 0 Å². The van der Waals surface area contributed by atoms with Gasteiger partial charge in [0.2, 0.25) is 0 Å². The van der Waals surface area contributed by atoms with E-state index in [0.29, 0.717) is 0 Å². The second-order valence-electron chi connectivity index (χ2n) is 3.97. The first kappa shape index (κ1) is 13.5. The minimum Gasteiger partial charge on any atom is -0.508 e. The number of aromatic hydroxyl groups is 1. The summed E-state index contributed by atoms with van der Waals surface area (Å²) in [5.74, 6) is -1.99. The van der Waals surface area contributed by atoms with Crippen molar-refractivity contribution in [3.63, 3.8) is 0 Å². The van der Waals surface area contributed by atoms with E-state index in [1.165, 1.54) is 25.1 Å². The van der Waals surface area contributed by atoms with E-state index in [4.69, 9.17) is 5.11 Å². The summed E-state index contributed by atoms with van der Waals surface area (Å²) in [7, 11) is -3.48. The highest BCUT2D eigenvalue weighted by atomic mass is 32.2. The van der Waals surface area contributed by atoms with E-state index in [0.717, 1.165) is 6.26 Å². The van der Waals surface area contributed by atoms with Gasteiger partial charge in [-0.05, 0) is 18.6 Å². The first-order chi connectivity index (χ1) is 7.73. The third-order valence-electron chi connectivity index (χ3n) is 2.44. The lowest BCUT2D eigenvalue weighted by atomic mass is 10.0. The number of rotatable bonds is 4. The minimum absolute atomic E-state index is 0.0226. The molecule has 94 valence electrons. The number of carboxylic acid groups (broad SMARTS) is 1. The van der Waals surface area contributed by atoms with Crippen LogP contribution in [0, 0.1) is 5.92 Å². The molecule has 5 nitrogen and oxygen atoms in total. The summed E-state index contributed by atoms with van der Waals surface area (Å²) in [6, 6.07) is 4.12. The zero-order valence-corrected chi connectivity index (χ0v) is 10.4. The molecule has 6 heteroatoms. The van der Waals surface area contributed by atoms with Gasteiger partial charge in [0.25, 0.3) is 0 Å². The van der Waals surface area contributed by atoms with Crippen molar-refractivity contribution in [1.29, 1.82) is 0 Å². The lowest BCUT2D eigenvalue weighted by molar-refractivity contribution is -0.141. The van der Waals surface area contributed by atoms with Gasteiger partial charge >= 0.3 is 5.97 Å². The van der Waals surface area contributed by atoms with E-state index in [-0.39, 0.29) is 22.6 Å². The second kappa shape index (κ2) is 4.75. The van der Waals surface area contributed by atoms with Gasteiger partial charge in [0.15, 0.2) is 9.84 Å². The molecule has 0 aromatic heterocycles. The number of sulfone groups is 1. The zero-order chi connectivity index (χ0) is 13.2. The number of phenolic OH excluding ortho intramolecular Hbond substituents is 1. The number of phenols is 1. The molecule has 0 aliphatic carbocycles. The van der Waals surface area contributed by atoms with Crippen LogP contribution in [0.25, 0.3) is 0 Å². The van der Waals surface area contributed by atoms with Crippen molar-refractivity contribution in [3.05, 3.63) is 23.8 Å². The van der Waals surface area contributed by atoms with E-state index < -0.39 is 21.7 Å². The molecule has 1 atom stereocenters. The Bertz CT molecular complexity index is 533. The number of benzene rings is 1. The van der Waals surface area contributed by atoms with E-state index in [9.17, 15) is 18.3 Å². The average molecular weight is 258 g/mol. The van der Waals surface area contributed by atoms with Gasteiger partial charge in [-0.15, -0.1) is 0 Å². The van der Waals surface area contributed by atoms with Crippen LogP contribution in [0.3, 0.4) is 0 Å². The Morgan fingerprint density at radius 2 is 2.00 bits per heavy atom. The molecule has 1 rings (SSSR count). The Balaban J connectivity index is 3.27. The molecule has 0 saturated carbocycles. The van der Waals surface area contributed by atoms with Crippen molar-refractivity contribution in [2.45, 2.75) is 18.2 Å². The smallest absolute Gasteiger partial charge is 0.306 e.